The number of hydrogen-bond acceptors (Lipinski definition) is 3. The molecule has 0 saturated heterocycles. The van der Waals surface area contributed by atoms with Gasteiger partial charge >= 0.3 is 0 Å². The van der Waals surface area contributed by atoms with E-state index in [4.69, 9.17) is 5.26 Å². The molecule has 0 radical (unpaired) electrons. The summed E-state index contributed by atoms with van der Waals surface area (Å²) in [6.07, 6.45) is 5.72. The van der Waals surface area contributed by atoms with E-state index in [1.807, 2.05) is 11.3 Å². The zero-order valence-corrected chi connectivity index (χ0v) is 12.2. The van der Waals surface area contributed by atoms with Crippen molar-refractivity contribution in [2.45, 2.75) is 45.1 Å². The Morgan fingerprint density at radius 2 is 2.11 bits per heavy atom. The summed E-state index contributed by atoms with van der Waals surface area (Å²) in [5.74, 6) is 0.314. The van der Waals surface area contributed by atoms with Crippen LogP contribution in [-0.4, -0.2) is 24.5 Å². The van der Waals surface area contributed by atoms with Gasteiger partial charge in [0.15, 0.2) is 0 Å². The molecule has 1 heterocycles. The van der Waals surface area contributed by atoms with Crippen LogP contribution in [0.5, 0.6) is 0 Å². The lowest BCUT2D eigenvalue weighted by atomic mass is 9.86. The van der Waals surface area contributed by atoms with Crippen LogP contribution in [0.25, 0.3) is 0 Å². The Kier molecular flexibility index (Phi) is 4.79. The largest absolute Gasteiger partial charge is 0.303 e. The van der Waals surface area contributed by atoms with E-state index in [9.17, 15) is 0 Å². The topological polar surface area (TPSA) is 27.0 Å². The average molecular weight is 262 g/mol. The molecule has 1 aliphatic carbocycles. The number of aryl methyl sites for hydroxylation is 1. The van der Waals surface area contributed by atoms with Crippen LogP contribution in [0.1, 0.15) is 36.1 Å². The van der Waals surface area contributed by atoms with E-state index in [-0.39, 0.29) is 0 Å². The summed E-state index contributed by atoms with van der Waals surface area (Å²) in [7, 11) is 2.24. The van der Waals surface area contributed by atoms with Crippen molar-refractivity contribution in [3.63, 3.8) is 0 Å². The van der Waals surface area contributed by atoms with Gasteiger partial charge in [0.25, 0.3) is 0 Å². The molecule has 0 amide bonds. The Hall–Kier alpha value is -0.850. The minimum absolute atomic E-state index is 0.314. The molecule has 1 fully saturated rings. The predicted molar refractivity (Wildman–Crippen MR) is 76.7 cm³/mol. The van der Waals surface area contributed by atoms with Gasteiger partial charge in [-0.2, -0.15) is 5.26 Å². The van der Waals surface area contributed by atoms with Crippen LogP contribution < -0.4 is 0 Å². The first-order chi connectivity index (χ1) is 8.70. The van der Waals surface area contributed by atoms with Crippen molar-refractivity contribution in [2.24, 2.45) is 5.92 Å². The number of nitrogens with zero attached hydrogens (tertiary/aromatic N) is 2. The van der Waals surface area contributed by atoms with E-state index in [0.717, 1.165) is 25.8 Å². The Morgan fingerprint density at radius 3 is 2.67 bits per heavy atom. The van der Waals surface area contributed by atoms with Gasteiger partial charge in [-0.05, 0) is 63.1 Å². The second-order valence-corrected chi connectivity index (χ2v) is 6.39. The fourth-order valence-corrected chi connectivity index (χ4v) is 3.67. The fourth-order valence-electron chi connectivity index (χ4n) is 2.77. The summed E-state index contributed by atoms with van der Waals surface area (Å²) in [5, 5.41) is 11.1. The molecule has 2 rings (SSSR count). The minimum Gasteiger partial charge on any atom is -0.303 e. The molecule has 0 atom stereocenters. The van der Waals surface area contributed by atoms with Gasteiger partial charge in [-0.25, -0.2) is 0 Å². The van der Waals surface area contributed by atoms with Crippen molar-refractivity contribution in [3.05, 3.63) is 21.9 Å². The molecular weight excluding hydrogens is 240 g/mol. The van der Waals surface area contributed by atoms with Crippen molar-refractivity contribution in [1.29, 1.82) is 5.26 Å². The third-order valence-corrected chi connectivity index (χ3v) is 5.25. The van der Waals surface area contributed by atoms with Crippen molar-refractivity contribution < 1.29 is 0 Å². The zero-order valence-electron chi connectivity index (χ0n) is 11.4. The van der Waals surface area contributed by atoms with E-state index in [0.29, 0.717) is 12.0 Å². The lowest BCUT2D eigenvalue weighted by Crippen LogP contribution is -2.36. The first-order valence-electron chi connectivity index (χ1n) is 6.83. The highest BCUT2D eigenvalue weighted by Crippen LogP contribution is 2.26. The molecule has 1 saturated carbocycles. The summed E-state index contributed by atoms with van der Waals surface area (Å²) in [6, 6.07) is 5.30. The maximum absolute atomic E-state index is 8.91. The lowest BCUT2D eigenvalue weighted by molar-refractivity contribution is 0.180. The Labute approximate surface area is 114 Å². The van der Waals surface area contributed by atoms with Crippen LogP contribution in [0.2, 0.25) is 0 Å². The Morgan fingerprint density at radius 1 is 1.39 bits per heavy atom. The molecule has 1 aromatic heterocycles. The minimum atomic E-state index is 0.314. The summed E-state index contributed by atoms with van der Waals surface area (Å²) in [6.45, 7) is 3.34. The van der Waals surface area contributed by atoms with Gasteiger partial charge in [0.1, 0.15) is 0 Å². The molecule has 0 unspecified atom stereocenters. The molecule has 3 heteroatoms. The van der Waals surface area contributed by atoms with Crippen LogP contribution in [0.3, 0.4) is 0 Å². The summed E-state index contributed by atoms with van der Waals surface area (Å²) >= 11 is 1.87. The van der Waals surface area contributed by atoms with Crippen LogP contribution in [0.4, 0.5) is 0 Å². The second kappa shape index (κ2) is 6.36. The van der Waals surface area contributed by atoms with Gasteiger partial charge in [-0.15, -0.1) is 11.3 Å². The van der Waals surface area contributed by atoms with Gasteiger partial charge in [0.2, 0.25) is 0 Å². The highest BCUT2D eigenvalue weighted by atomic mass is 32.1. The van der Waals surface area contributed by atoms with Crippen molar-refractivity contribution >= 4 is 11.3 Å². The first-order valence-corrected chi connectivity index (χ1v) is 7.71. The first kappa shape index (κ1) is 13.6. The number of nitriles is 1. The number of likely N-dealkylation sites (N-methyl/N-ethyl adjacent to an activating group) is 1. The van der Waals surface area contributed by atoms with Crippen molar-refractivity contribution in [1.82, 2.24) is 4.90 Å². The van der Waals surface area contributed by atoms with Crippen molar-refractivity contribution in [2.75, 3.05) is 13.6 Å². The molecular formula is C15H22N2S. The van der Waals surface area contributed by atoms with Gasteiger partial charge in [0, 0.05) is 23.4 Å². The number of hydrogen-bond donors (Lipinski definition) is 0. The predicted octanol–water partition coefficient (Wildman–Crippen LogP) is 3.61. The second-order valence-electron chi connectivity index (χ2n) is 5.39. The van der Waals surface area contributed by atoms with E-state index in [1.54, 1.807) is 0 Å². The maximum atomic E-state index is 8.91. The van der Waals surface area contributed by atoms with Gasteiger partial charge in [-0.1, -0.05) is 0 Å². The molecule has 0 aliphatic heterocycles. The average Bonchev–Trinajstić information content (AvgIpc) is 2.81. The van der Waals surface area contributed by atoms with Crippen molar-refractivity contribution in [3.8, 4) is 6.07 Å². The summed E-state index contributed by atoms with van der Waals surface area (Å²) in [5.41, 5.74) is 1.43. The molecule has 18 heavy (non-hydrogen) atoms. The highest BCUT2D eigenvalue weighted by molar-refractivity contribution is 7.10. The van der Waals surface area contributed by atoms with Gasteiger partial charge < -0.3 is 4.90 Å². The molecule has 98 valence electrons. The molecule has 0 aromatic carbocycles. The smallest absolute Gasteiger partial charge is 0.0655 e. The lowest BCUT2D eigenvalue weighted by Gasteiger charge is -2.32. The standard InChI is InChI=1S/C15H22N2S/c1-12-8-10-18-15(12)7-9-17(2)14-5-3-13(11-16)4-6-14/h8,10,13-14H,3-7,9H2,1-2H3. The van der Waals surface area contributed by atoms with E-state index in [2.05, 4.69) is 36.4 Å². The third kappa shape index (κ3) is 3.34. The monoisotopic (exact) mass is 262 g/mol. The number of thiophene rings is 1. The third-order valence-electron chi connectivity index (χ3n) is 4.16. The van der Waals surface area contributed by atoms with Gasteiger partial charge in [0.05, 0.1) is 6.07 Å². The van der Waals surface area contributed by atoms with E-state index in [1.165, 1.54) is 23.3 Å². The SMILES string of the molecule is Cc1ccsc1CCN(C)C1CCC(C#N)CC1. The zero-order chi connectivity index (χ0) is 13.0. The molecule has 1 aromatic rings. The Bertz CT molecular complexity index is 410. The van der Waals surface area contributed by atoms with Crippen LogP contribution in [0.15, 0.2) is 11.4 Å². The molecule has 0 spiro atoms. The molecule has 0 bridgehead atoms. The summed E-state index contributed by atoms with van der Waals surface area (Å²) in [4.78, 5) is 4.01. The highest BCUT2D eigenvalue weighted by Gasteiger charge is 2.23. The fraction of sp³-hybridized carbons (Fsp3) is 0.667. The quantitative estimate of drug-likeness (QED) is 0.828. The Balaban J connectivity index is 1.77. The maximum Gasteiger partial charge on any atom is 0.0655 e. The van der Waals surface area contributed by atoms with Crippen LogP contribution in [-0.2, 0) is 6.42 Å². The molecule has 1 aliphatic rings. The normalized spacial score (nSPS) is 24.1. The van der Waals surface area contributed by atoms with Crippen LogP contribution >= 0.6 is 11.3 Å². The van der Waals surface area contributed by atoms with E-state index < -0.39 is 0 Å². The molecule has 2 nitrogen and oxygen atoms in total. The van der Waals surface area contributed by atoms with E-state index >= 15 is 0 Å². The molecule has 0 N–H and O–H groups in total. The summed E-state index contributed by atoms with van der Waals surface area (Å²) < 4.78 is 0. The number of rotatable bonds is 4. The van der Waals surface area contributed by atoms with Gasteiger partial charge in [-0.3, -0.25) is 0 Å². The van der Waals surface area contributed by atoms with Crippen LogP contribution in [0, 0.1) is 24.2 Å².